The third-order valence-corrected chi connectivity index (χ3v) is 11.4. The molecule has 0 saturated carbocycles. The van der Waals surface area contributed by atoms with Crippen LogP contribution < -0.4 is 4.90 Å². The molecular formula is C46H28N2S. The van der Waals surface area contributed by atoms with Crippen molar-refractivity contribution in [3.8, 4) is 39.1 Å². The molecule has 0 saturated heterocycles. The summed E-state index contributed by atoms with van der Waals surface area (Å²) in [7, 11) is 0. The van der Waals surface area contributed by atoms with E-state index in [9.17, 15) is 0 Å². The van der Waals surface area contributed by atoms with E-state index in [1.165, 1.54) is 98.5 Å². The third kappa shape index (κ3) is 3.85. The van der Waals surface area contributed by atoms with E-state index >= 15 is 0 Å². The van der Waals surface area contributed by atoms with Crippen molar-refractivity contribution in [3.05, 3.63) is 170 Å². The molecule has 0 amide bonds. The molecule has 2 aliphatic rings. The van der Waals surface area contributed by atoms with Crippen molar-refractivity contribution in [2.75, 3.05) is 4.90 Å². The molecule has 0 bridgehead atoms. The van der Waals surface area contributed by atoms with Crippen molar-refractivity contribution in [3.63, 3.8) is 0 Å². The second-order valence-electron chi connectivity index (χ2n) is 12.9. The Hall–Kier alpha value is -6.03. The number of hydrogen-bond acceptors (Lipinski definition) is 2. The fraction of sp³-hybridized carbons (Fsp3) is 0. The van der Waals surface area contributed by atoms with E-state index in [0.29, 0.717) is 0 Å². The lowest BCUT2D eigenvalue weighted by Gasteiger charge is -2.35. The van der Waals surface area contributed by atoms with Crippen LogP contribution in [-0.4, -0.2) is 4.57 Å². The molecule has 8 aromatic carbocycles. The molecule has 0 N–H and O–H groups in total. The fourth-order valence-corrected chi connectivity index (χ4v) is 9.32. The van der Waals surface area contributed by atoms with Crippen molar-refractivity contribution in [1.29, 1.82) is 0 Å². The molecule has 0 atom stereocenters. The lowest BCUT2D eigenvalue weighted by Crippen LogP contribution is -2.16. The maximum Gasteiger partial charge on any atom is 0.0681 e. The van der Waals surface area contributed by atoms with Crippen LogP contribution in [0.15, 0.2) is 180 Å². The van der Waals surface area contributed by atoms with E-state index in [0.717, 1.165) is 0 Å². The van der Waals surface area contributed by atoms with Crippen LogP contribution in [0.5, 0.6) is 0 Å². The second-order valence-corrected chi connectivity index (χ2v) is 14.0. The first-order chi connectivity index (χ1) is 24.3. The van der Waals surface area contributed by atoms with E-state index in [1.807, 2.05) is 11.8 Å². The van der Waals surface area contributed by atoms with Gasteiger partial charge in [-0.1, -0.05) is 133 Å². The first-order valence-electron chi connectivity index (χ1n) is 16.8. The van der Waals surface area contributed by atoms with E-state index in [1.54, 1.807) is 0 Å². The molecule has 1 aromatic heterocycles. The third-order valence-electron chi connectivity index (χ3n) is 10.3. The monoisotopic (exact) mass is 640 g/mol. The molecular weight excluding hydrogens is 613 g/mol. The molecule has 228 valence electrons. The minimum absolute atomic E-state index is 1.17. The van der Waals surface area contributed by atoms with Gasteiger partial charge in [-0.3, -0.25) is 0 Å². The van der Waals surface area contributed by atoms with Gasteiger partial charge in [-0.15, -0.1) is 0 Å². The molecule has 0 aliphatic carbocycles. The number of benzene rings is 8. The fourth-order valence-electron chi connectivity index (χ4n) is 8.16. The first kappa shape index (κ1) is 27.0. The first-order valence-corrected chi connectivity index (χ1v) is 17.6. The minimum atomic E-state index is 1.17. The summed E-state index contributed by atoms with van der Waals surface area (Å²) in [5.74, 6) is 0. The highest BCUT2D eigenvalue weighted by Gasteiger charge is 2.34. The van der Waals surface area contributed by atoms with Crippen molar-refractivity contribution in [1.82, 2.24) is 4.57 Å². The van der Waals surface area contributed by atoms with Gasteiger partial charge in [0.25, 0.3) is 0 Å². The topological polar surface area (TPSA) is 8.17 Å². The van der Waals surface area contributed by atoms with Gasteiger partial charge in [-0.05, 0) is 76.2 Å². The maximum absolute atomic E-state index is 2.55. The van der Waals surface area contributed by atoms with Crippen molar-refractivity contribution < 1.29 is 0 Å². The summed E-state index contributed by atoms with van der Waals surface area (Å²) >= 11 is 1.89. The summed E-state index contributed by atoms with van der Waals surface area (Å²) in [6, 6.07) is 62.6. The highest BCUT2D eigenvalue weighted by Crippen LogP contribution is 2.61. The summed E-state index contributed by atoms with van der Waals surface area (Å²) in [6.45, 7) is 0. The SMILES string of the molecule is c1ccc(-n2c3ccccc3c3ccc(-c4cc5c6c(c4)-c4ccccc4-c4ccccc4N6c4c(ccc6ccccc46)S5)cc32)cc1. The standard InChI is InChI=1S/C46H28N2S/c1-2-13-32(14-3-1)47-40-20-10-9-19-37(40)38-24-22-30(27-42(38)47)31-26-39-35-17-7-6-16-34(35)36-18-8-11-21-41(36)48-45-33-15-5-4-12-29(33)23-25-43(45)49-44(28-31)46(39)48/h1-28H. The molecule has 3 heteroatoms. The normalized spacial score (nSPS) is 12.8. The number of rotatable bonds is 2. The molecule has 11 rings (SSSR count). The Morgan fingerprint density at radius 1 is 0.388 bits per heavy atom. The van der Waals surface area contributed by atoms with Crippen LogP contribution in [0.4, 0.5) is 17.1 Å². The second kappa shape index (κ2) is 10.2. The van der Waals surface area contributed by atoms with Crippen LogP contribution in [0.2, 0.25) is 0 Å². The van der Waals surface area contributed by atoms with Gasteiger partial charge in [0.1, 0.15) is 0 Å². The van der Waals surface area contributed by atoms with Crippen LogP contribution in [0.1, 0.15) is 0 Å². The van der Waals surface area contributed by atoms with E-state index < -0.39 is 0 Å². The Morgan fingerprint density at radius 2 is 1.08 bits per heavy atom. The Morgan fingerprint density at radius 3 is 1.96 bits per heavy atom. The zero-order chi connectivity index (χ0) is 32.1. The van der Waals surface area contributed by atoms with Crippen LogP contribution in [0.25, 0.3) is 71.6 Å². The average Bonchev–Trinajstić information content (AvgIpc) is 3.44. The molecule has 0 spiro atoms. The Labute approximate surface area is 288 Å². The lowest BCUT2D eigenvalue weighted by molar-refractivity contribution is 1.18. The molecule has 49 heavy (non-hydrogen) atoms. The van der Waals surface area contributed by atoms with Gasteiger partial charge in [0.2, 0.25) is 0 Å². The highest BCUT2D eigenvalue weighted by atomic mass is 32.2. The van der Waals surface area contributed by atoms with E-state index in [-0.39, 0.29) is 0 Å². The van der Waals surface area contributed by atoms with Crippen LogP contribution in [-0.2, 0) is 0 Å². The number of anilines is 3. The van der Waals surface area contributed by atoms with Crippen LogP contribution >= 0.6 is 11.8 Å². The number of para-hydroxylation sites is 3. The van der Waals surface area contributed by atoms with E-state index in [2.05, 4.69) is 179 Å². The molecule has 9 aromatic rings. The summed E-state index contributed by atoms with van der Waals surface area (Å²) < 4.78 is 2.41. The Kier molecular flexibility index (Phi) is 5.63. The van der Waals surface area contributed by atoms with Crippen molar-refractivity contribution >= 4 is 61.4 Å². The van der Waals surface area contributed by atoms with E-state index in [4.69, 9.17) is 0 Å². The number of nitrogens with zero attached hydrogens (tertiary/aromatic N) is 2. The largest absolute Gasteiger partial charge is 0.309 e. The zero-order valence-electron chi connectivity index (χ0n) is 26.5. The van der Waals surface area contributed by atoms with Gasteiger partial charge in [-0.25, -0.2) is 0 Å². The molecule has 3 heterocycles. The molecule has 2 aliphatic heterocycles. The average molecular weight is 641 g/mol. The van der Waals surface area contributed by atoms with Gasteiger partial charge >= 0.3 is 0 Å². The quantitative estimate of drug-likeness (QED) is 0.186. The number of aromatic nitrogens is 1. The summed E-state index contributed by atoms with van der Waals surface area (Å²) in [6.07, 6.45) is 0. The number of hydrogen-bond donors (Lipinski definition) is 0. The summed E-state index contributed by atoms with van der Waals surface area (Å²) in [4.78, 5) is 5.09. The van der Waals surface area contributed by atoms with Crippen molar-refractivity contribution in [2.24, 2.45) is 0 Å². The molecule has 0 radical (unpaired) electrons. The van der Waals surface area contributed by atoms with Crippen LogP contribution in [0.3, 0.4) is 0 Å². The Bertz CT molecular complexity index is 2810. The number of fused-ring (bicyclic) bond motifs is 12. The highest BCUT2D eigenvalue weighted by molar-refractivity contribution is 7.99. The minimum Gasteiger partial charge on any atom is -0.309 e. The van der Waals surface area contributed by atoms with Crippen molar-refractivity contribution in [2.45, 2.75) is 9.79 Å². The molecule has 2 nitrogen and oxygen atoms in total. The Balaban J connectivity index is 1.22. The van der Waals surface area contributed by atoms with Gasteiger partial charge in [-0.2, -0.15) is 0 Å². The lowest BCUT2D eigenvalue weighted by atomic mass is 9.92. The molecule has 0 fully saturated rings. The molecule has 0 unspecified atom stereocenters. The van der Waals surface area contributed by atoms with Crippen LogP contribution in [0, 0.1) is 0 Å². The van der Waals surface area contributed by atoms with Gasteiger partial charge < -0.3 is 9.47 Å². The summed E-state index contributed by atoms with van der Waals surface area (Å²) in [5, 5.41) is 5.06. The van der Waals surface area contributed by atoms with Gasteiger partial charge in [0.15, 0.2) is 0 Å². The van der Waals surface area contributed by atoms with Gasteiger partial charge in [0, 0.05) is 42.8 Å². The predicted octanol–water partition coefficient (Wildman–Crippen LogP) is 13.2. The van der Waals surface area contributed by atoms with Gasteiger partial charge in [0.05, 0.1) is 28.1 Å². The maximum atomic E-state index is 2.55. The predicted molar refractivity (Wildman–Crippen MR) is 207 cm³/mol. The summed E-state index contributed by atoms with van der Waals surface area (Å²) in [5.41, 5.74) is 14.8. The smallest absolute Gasteiger partial charge is 0.0681 e. The zero-order valence-corrected chi connectivity index (χ0v) is 27.3.